The number of aliphatic carboxylic acids is 1. The van der Waals surface area contributed by atoms with Crippen LogP contribution in [0.1, 0.15) is 64.2 Å². The molecule has 2 atom stereocenters. The normalized spacial score (nSPS) is 26.7. The van der Waals surface area contributed by atoms with Gasteiger partial charge in [-0.1, -0.05) is 45.1 Å². The van der Waals surface area contributed by atoms with Gasteiger partial charge < -0.3 is 5.11 Å². The summed E-state index contributed by atoms with van der Waals surface area (Å²) >= 11 is 0. The van der Waals surface area contributed by atoms with E-state index < -0.39 is 5.97 Å². The highest BCUT2D eigenvalue weighted by Gasteiger charge is 2.19. The van der Waals surface area contributed by atoms with Gasteiger partial charge in [-0.05, 0) is 31.8 Å². The zero-order chi connectivity index (χ0) is 14.1. The van der Waals surface area contributed by atoms with Crippen molar-refractivity contribution in [2.45, 2.75) is 64.2 Å². The Kier molecular flexibility index (Phi) is 7.46. The lowest BCUT2D eigenvalue weighted by molar-refractivity contribution is -0.142. The average Bonchev–Trinajstić information content (AvgIpc) is 2.38. The number of carboxylic acid groups (broad SMARTS) is 1. The molecule has 0 amide bonds. The Hall–Kier alpha value is -1.12. The van der Waals surface area contributed by atoms with Gasteiger partial charge in [-0.25, -0.2) is 0 Å². The highest BCUT2D eigenvalue weighted by Crippen LogP contribution is 2.24. The minimum Gasteiger partial charge on any atom is -0.481 e. The Morgan fingerprint density at radius 2 is 1.26 bits per heavy atom. The lowest BCUT2D eigenvalue weighted by Gasteiger charge is -2.17. The fourth-order valence-corrected chi connectivity index (χ4v) is 2.90. The molecule has 1 saturated carbocycles. The van der Waals surface area contributed by atoms with Gasteiger partial charge in [0.2, 0.25) is 0 Å². The summed E-state index contributed by atoms with van der Waals surface area (Å²) in [4.78, 5) is 22.9. The second kappa shape index (κ2) is 8.89. The van der Waals surface area contributed by atoms with E-state index in [1.165, 1.54) is 6.08 Å². The van der Waals surface area contributed by atoms with Crippen LogP contribution in [0.3, 0.4) is 0 Å². The molecule has 0 aromatic carbocycles. The van der Waals surface area contributed by atoms with Crippen LogP contribution in [0.4, 0.5) is 0 Å². The molecule has 0 aromatic heterocycles. The van der Waals surface area contributed by atoms with Crippen LogP contribution in [0.2, 0.25) is 0 Å². The lowest BCUT2D eigenvalue weighted by Crippen LogP contribution is -2.15. The fourth-order valence-electron chi connectivity index (χ4n) is 2.90. The van der Waals surface area contributed by atoms with E-state index in [4.69, 9.17) is 5.11 Å². The van der Waals surface area contributed by atoms with Crippen LogP contribution in [0, 0.1) is 11.8 Å². The molecule has 0 bridgehead atoms. The number of rotatable bonds is 3. The first-order valence-corrected chi connectivity index (χ1v) is 7.54. The predicted octanol–water partition coefficient (Wildman–Crippen LogP) is 3.97. The largest absolute Gasteiger partial charge is 0.481 e. The Labute approximate surface area is 116 Å². The van der Waals surface area contributed by atoms with E-state index >= 15 is 0 Å². The summed E-state index contributed by atoms with van der Waals surface area (Å²) in [6, 6.07) is 0. The van der Waals surface area contributed by atoms with Crippen LogP contribution in [-0.4, -0.2) is 16.9 Å². The molecule has 0 aliphatic heterocycles. The molecule has 0 heterocycles. The number of ketones is 1. The minimum atomic E-state index is -0.657. The molecule has 1 aliphatic rings. The number of carboxylic acids is 1. The Balaban J connectivity index is 2.50. The number of hydrogen-bond acceptors (Lipinski definition) is 2. The van der Waals surface area contributed by atoms with Gasteiger partial charge >= 0.3 is 5.97 Å². The highest BCUT2D eigenvalue weighted by atomic mass is 16.4. The van der Waals surface area contributed by atoms with Gasteiger partial charge in [0.05, 0.1) is 5.92 Å². The predicted molar refractivity (Wildman–Crippen MR) is 76.0 cm³/mol. The van der Waals surface area contributed by atoms with Crippen molar-refractivity contribution < 1.29 is 14.7 Å². The first-order valence-electron chi connectivity index (χ1n) is 7.54. The van der Waals surface area contributed by atoms with Crippen molar-refractivity contribution in [3.05, 3.63) is 12.7 Å². The maximum atomic E-state index is 11.7. The molecular weight excluding hydrogens is 240 g/mol. The third-order valence-electron chi connectivity index (χ3n) is 4.16. The Morgan fingerprint density at radius 3 is 1.68 bits per heavy atom. The maximum Gasteiger partial charge on any atom is 0.306 e. The first kappa shape index (κ1) is 15.9. The zero-order valence-electron chi connectivity index (χ0n) is 11.8. The fraction of sp³-hybridized carbons (Fsp3) is 0.750. The highest BCUT2D eigenvalue weighted by molar-refractivity contribution is 5.91. The van der Waals surface area contributed by atoms with Crippen molar-refractivity contribution in [2.24, 2.45) is 11.8 Å². The molecule has 19 heavy (non-hydrogen) atoms. The van der Waals surface area contributed by atoms with Gasteiger partial charge in [-0.15, -0.1) is 0 Å². The molecule has 2 unspecified atom stereocenters. The monoisotopic (exact) mass is 266 g/mol. The van der Waals surface area contributed by atoms with E-state index in [-0.39, 0.29) is 17.6 Å². The summed E-state index contributed by atoms with van der Waals surface area (Å²) in [7, 11) is 0. The molecule has 3 nitrogen and oxygen atoms in total. The summed E-state index contributed by atoms with van der Waals surface area (Å²) in [5.74, 6) is -0.573. The van der Waals surface area contributed by atoms with Crippen molar-refractivity contribution in [1.29, 1.82) is 0 Å². The molecule has 3 heteroatoms. The van der Waals surface area contributed by atoms with Crippen molar-refractivity contribution in [3.63, 3.8) is 0 Å². The maximum absolute atomic E-state index is 11.7. The van der Waals surface area contributed by atoms with Crippen LogP contribution in [-0.2, 0) is 9.59 Å². The third kappa shape index (κ3) is 6.04. The minimum absolute atomic E-state index is 0.111. The molecule has 0 spiro atoms. The molecule has 1 rings (SSSR count). The van der Waals surface area contributed by atoms with Crippen LogP contribution in [0.5, 0.6) is 0 Å². The van der Waals surface area contributed by atoms with E-state index in [9.17, 15) is 9.59 Å². The van der Waals surface area contributed by atoms with Gasteiger partial charge in [0.1, 0.15) is 0 Å². The van der Waals surface area contributed by atoms with Crippen molar-refractivity contribution in [3.8, 4) is 0 Å². The van der Waals surface area contributed by atoms with E-state index in [2.05, 4.69) is 6.58 Å². The number of carbonyl (C=O) groups excluding carboxylic acids is 1. The summed E-state index contributed by atoms with van der Waals surface area (Å²) in [6.45, 7) is 3.57. The van der Waals surface area contributed by atoms with Gasteiger partial charge in [0.15, 0.2) is 5.78 Å². The topological polar surface area (TPSA) is 54.4 Å². The molecule has 108 valence electrons. The van der Waals surface area contributed by atoms with Gasteiger partial charge in [-0.3, -0.25) is 9.59 Å². The quantitative estimate of drug-likeness (QED) is 0.786. The molecule has 0 radical (unpaired) electrons. The smallest absolute Gasteiger partial charge is 0.306 e. The van der Waals surface area contributed by atoms with E-state index in [1.807, 2.05) is 0 Å². The van der Waals surface area contributed by atoms with Crippen molar-refractivity contribution in [2.75, 3.05) is 0 Å². The molecule has 0 saturated heterocycles. The van der Waals surface area contributed by atoms with Crippen molar-refractivity contribution >= 4 is 11.8 Å². The van der Waals surface area contributed by atoms with Gasteiger partial charge in [-0.2, -0.15) is 0 Å². The first-order chi connectivity index (χ1) is 9.15. The summed E-state index contributed by atoms with van der Waals surface area (Å²) < 4.78 is 0. The summed E-state index contributed by atoms with van der Waals surface area (Å²) in [6.07, 6.45) is 11.0. The summed E-state index contributed by atoms with van der Waals surface area (Å²) in [5.41, 5.74) is 0. The third-order valence-corrected chi connectivity index (χ3v) is 4.16. The molecule has 1 aliphatic carbocycles. The van der Waals surface area contributed by atoms with Gasteiger partial charge in [0, 0.05) is 5.92 Å². The van der Waals surface area contributed by atoms with E-state index in [0.717, 1.165) is 64.2 Å². The average molecular weight is 266 g/mol. The van der Waals surface area contributed by atoms with Crippen LogP contribution in [0.15, 0.2) is 12.7 Å². The molecule has 1 N–H and O–H groups in total. The Bertz CT molecular complexity index is 309. The zero-order valence-corrected chi connectivity index (χ0v) is 11.8. The van der Waals surface area contributed by atoms with E-state index in [1.54, 1.807) is 0 Å². The van der Waals surface area contributed by atoms with E-state index in [0.29, 0.717) is 0 Å². The molecule has 1 fully saturated rings. The summed E-state index contributed by atoms with van der Waals surface area (Å²) in [5, 5.41) is 9.15. The lowest BCUT2D eigenvalue weighted by atomic mass is 9.87. The number of allylic oxidation sites excluding steroid dienone is 1. The number of hydrogen-bond donors (Lipinski definition) is 1. The molecule has 0 aromatic rings. The SMILES string of the molecule is C=CC(=O)C1CCCCCCC(C(=O)O)CCCC1. The molecular formula is C16H26O3. The second-order valence-electron chi connectivity index (χ2n) is 5.61. The standard InChI is InChI=1S/C16H26O3/c1-2-15(17)13-9-5-3-4-6-11-14(16(18)19)12-8-7-10-13/h2,13-14H,1,3-12H2,(H,18,19). The Morgan fingerprint density at radius 1 is 0.842 bits per heavy atom. The van der Waals surface area contributed by atoms with Crippen molar-refractivity contribution in [1.82, 2.24) is 0 Å². The van der Waals surface area contributed by atoms with Gasteiger partial charge in [0.25, 0.3) is 0 Å². The second-order valence-corrected chi connectivity index (χ2v) is 5.61. The number of carbonyl (C=O) groups is 2. The van der Waals surface area contributed by atoms with Crippen LogP contribution >= 0.6 is 0 Å². The van der Waals surface area contributed by atoms with Crippen LogP contribution < -0.4 is 0 Å². The van der Waals surface area contributed by atoms with Crippen LogP contribution in [0.25, 0.3) is 0 Å².